The molecule has 0 unspecified atom stereocenters. The highest BCUT2D eigenvalue weighted by Gasteiger charge is 2.31. The van der Waals surface area contributed by atoms with Gasteiger partial charge in [-0.2, -0.15) is 20.8 Å². The second-order valence-corrected chi connectivity index (χ2v) is 5.34. The summed E-state index contributed by atoms with van der Waals surface area (Å²) in [4.78, 5) is 0. The molecule has 104 valence electrons. The number of hydrogen-bond donors (Lipinski definition) is 0. The summed E-state index contributed by atoms with van der Waals surface area (Å²) in [5.74, 6) is 0. The number of azo groups is 1. The fourth-order valence-corrected chi connectivity index (χ4v) is 2.47. The molecule has 1 aliphatic rings. The smallest absolute Gasteiger partial charge is 0.167 e. The molecule has 1 fully saturated rings. The Kier molecular flexibility index (Phi) is 7.82. The molecular weight excluding hydrogens is 236 g/mol. The van der Waals surface area contributed by atoms with E-state index in [-0.39, 0.29) is 0 Å². The zero-order valence-electron chi connectivity index (χ0n) is 11.8. The third-order valence-corrected chi connectivity index (χ3v) is 3.70. The highest BCUT2D eigenvalue weighted by Crippen LogP contribution is 2.31. The molecule has 0 aromatic heterocycles. The van der Waals surface area contributed by atoms with Crippen LogP contribution in [0, 0.1) is 22.7 Å². The molecule has 0 amide bonds. The molecule has 0 radical (unpaired) electrons. The maximum atomic E-state index is 9.23. The second kappa shape index (κ2) is 9.50. The van der Waals surface area contributed by atoms with Crippen LogP contribution in [-0.4, -0.2) is 12.1 Å². The summed E-state index contributed by atoms with van der Waals surface area (Å²) in [5, 5.41) is 26.2. The zero-order valence-corrected chi connectivity index (χ0v) is 11.8. The van der Waals surface area contributed by atoms with E-state index in [1.54, 1.807) is 0 Å². The normalized spacial score (nSPS) is 18.0. The SMILES string of the molecule is N#CCCCCCCCN=NC1(C#N)CCCCC1. The van der Waals surface area contributed by atoms with Gasteiger partial charge in [-0.3, -0.25) is 0 Å². The van der Waals surface area contributed by atoms with Gasteiger partial charge in [0.05, 0.1) is 18.7 Å². The fraction of sp³-hybridized carbons (Fsp3) is 0.867. The van der Waals surface area contributed by atoms with Crippen molar-refractivity contribution in [1.82, 2.24) is 0 Å². The maximum Gasteiger partial charge on any atom is 0.167 e. The molecule has 4 nitrogen and oxygen atoms in total. The predicted molar refractivity (Wildman–Crippen MR) is 74.5 cm³/mol. The van der Waals surface area contributed by atoms with Gasteiger partial charge in [-0.1, -0.05) is 25.7 Å². The topological polar surface area (TPSA) is 72.3 Å². The van der Waals surface area contributed by atoms with Crippen molar-refractivity contribution >= 4 is 0 Å². The second-order valence-electron chi connectivity index (χ2n) is 5.34. The first-order valence-electron chi connectivity index (χ1n) is 7.50. The minimum absolute atomic E-state index is 0.509. The van der Waals surface area contributed by atoms with E-state index in [2.05, 4.69) is 22.4 Å². The van der Waals surface area contributed by atoms with Crippen molar-refractivity contribution in [3.05, 3.63) is 0 Å². The van der Waals surface area contributed by atoms with Crippen molar-refractivity contribution in [2.24, 2.45) is 10.2 Å². The van der Waals surface area contributed by atoms with Crippen molar-refractivity contribution in [2.45, 2.75) is 76.2 Å². The van der Waals surface area contributed by atoms with Crippen molar-refractivity contribution < 1.29 is 0 Å². The molecule has 0 aliphatic heterocycles. The Morgan fingerprint density at radius 3 is 2.26 bits per heavy atom. The molecule has 0 saturated heterocycles. The molecule has 1 aliphatic carbocycles. The van der Waals surface area contributed by atoms with Crippen LogP contribution in [-0.2, 0) is 0 Å². The molecule has 0 spiro atoms. The third-order valence-electron chi connectivity index (χ3n) is 3.70. The van der Waals surface area contributed by atoms with Gasteiger partial charge in [0.2, 0.25) is 0 Å². The lowest BCUT2D eigenvalue weighted by molar-refractivity contribution is 0.353. The van der Waals surface area contributed by atoms with Gasteiger partial charge in [-0.05, 0) is 38.5 Å². The predicted octanol–water partition coefficient (Wildman–Crippen LogP) is 4.53. The summed E-state index contributed by atoms with van der Waals surface area (Å²) in [7, 11) is 0. The Morgan fingerprint density at radius 1 is 0.895 bits per heavy atom. The van der Waals surface area contributed by atoms with Crippen LogP contribution >= 0.6 is 0 Å². The molecule has 0 atom stereocenters. The van der Waals surface area contributed by atoms with Gasteiger partial charge < -0.3 is 0 Å². The number of nitrogens with zero attached hydrogens (tertiary/aromatic N) is 4. The first-order chi connectivity index (χ1) is 9.33. The van der Waals surface area contributed by atoms with Gasteiger partial charge in [0, 0.05) is 6.42 Å². The van der Waals surface area contributed by atoms with Crippen LogP contribution < -0.4 is 0 Å². The molecular formula is C15H24N4. The van der Waals surface area contributed by atoms with Crippen LogP contribution in [0.1, 0.15) is 70.6 Å². The highest BCUT2D eigenvalue weighted by atomic mass is 15.1. The summed E-state index contributed by atoms with van der Waals surface area (Å²) >= 11 is 0. The van der Waals surface area contributed by atoms with Crippen LogP contribution in [0.15, 0.2) is 10.2 Å². The van der Waals surface area contributed by atoms with Crippen molar-refractivity contribution in [3.63, 3.8) is 0 Å². The van der Waals surface area contributed by atoms with E-state index in [1.165, 1.54) is 12.8 Å². The standard InChI is InChI=1S/C15H24N4/c16-12-8-3-1-2-4-9-13-18-19-15(14-17)10-6-5-7-11-15/h1-11,13H2. The molecule has 0 aromatic carbocycles. The summed E-state index contributed by atoms with van der Waals surface area (Å²) < 4.78 is 0. The number of unbranched alkanes of at least 4 members (excludes halogenated alkanes) is 5. The van der Waals surface area contributed by atoms with Gasteiger partial charge in [-0.15, -0.1) is 0 Å². The van der Waals surface area contributed by atoms with E-state index >= 15 is 0 Å². The minimum atomic E-state index is -0.509. The summed E-state index contributed by atoms with van der Waals surface area (Å²) in [5.41, 5.74) is -0.509. The maximum absolute atomic E-state index is 9.23. The van der Waals surface area contributed by atoms with Crippen LogP contribution in [0.5, 0.6) is 0 Å². The van der Waals surface area contributed by atoms with Crippen LogP contribution in [0.4, 0.5) is 0 Å². The molecule has 4 heteroatoms. The molecule has 19 heavy (non-hydrogen) atoms. The Hall–Kier alpha value is -1.42. The van der Waals surface area contributed by atoms with Crippen molar-refractivity contribution in [1.29, 1.82) is 10.5 Å². The Labute approximate surface area is 116 Å². The van der Waals surface area contributed by atoms with Crippen molar-refractivity contribution in [2.75, 3.05) is 6.54 Å². The molecule has 0 bridgehead atoms. The molecule has 1 saturated carbocycles. The largest absolute Gasteiger partial charge is 0.198 e. The lowest BCUT2D eigenvalue weighted by atomic mass is 9.84. The molecule has 1 rings (SSSR count). The van der Waals surface area contributed by atoms with E-state index in [1.807, 2.05) is 0 Å². The van der Waals surface area contributed by atoms with E-state index in [0.29, 0.717) is 6.42 Å². The van der Waals surface area contributed by atoms with Gasteiger partial charge in [-0.25, -0.2) is 0 Å². The average molecular weight is 260 g/mol. The lowest BCUT2D eigenvalue weighted by Crippen LogP contribution is -2.26. The van der Waals surface area contributed by atoms with E-state index < -0.39 is 5.54 Å². The van der Waals surface area contributed by atoms with E-state index in [0.717, 1.165) is 57.9 Å². The van der Waals surface area contributed by atoms with E-state index in [9.17, 15) is 5.26 Å². The first-order valence-corrected chi connectivity index (χ1v) is 7.50. The van der Waals surface area contributed by atoms with Gasteiger partial charge in [0.25, 0.3) is 0 Å². The van der Waals surface area contributed by atoms with Crippen molar-refractivity contribution in [3.8, 4) is 12.1 Å². The summed E-state index contributed by atoms with van der Waals surface area (Å²) in [6.45, 7) is 0.738. The number of hydrogen-bond acceptors (Lipinski definition) is 4. The number of nitriles is 2. The third kappa shape index (κ3) is 6.34. The highest BCUT2D eigenvalue weighted by molar-refractivity contribution is 5.07. The van der Waals surface area contributed by atoms with Crippen LogP contribution in [0.25, 0.3) is 0 Å². The lowest BCUT2D eigenvalue weighted by Gasteiger charge is -2.24. The first kappa shape index (κ1) is 15.6. The minimum Gasteiger partial charge on any atom is -0.198 e. The van der Waals surface area contributed by atoms with Crippen LogP contribution in [0.2, 0.25) is 0 Å². The average Bonchev–Trinajstić information content (AvgIpc) is 2.46. The quantitative estimate of drug-likeness (QED) is 0.475. The van der Waals surface area contributed by atoms with Gasteiger partial charge >= 0.3 is 0 Å². The molecule has 0 aromatic rings. The Balaban J connectivity index is 2.09. The van der Waals surface area contributed by atoms with Gasteiger partial charge in [0.15, 0.2) is 5.54 Å². The molecule has 0 heterocycles. The Bertz CT molecular complexity index is 342. The monoisotopic (exact) mass is 260 g/mol. The Morgan fingerprint density at radius 2 is 1.58 bits per heavy atom. The summed E-state index contributed by atoms with van der Waals surface area (Å²) in [6.07, 6.45) is 11.3. The van der Waals surface area contributed by atoms with Gasteiger partial charge in [0.1, 0.15) is 0 Å². The molecule has 0 N–H and O–H groups in total. The summed E-state index contributed by atoms with van der Waals surface area (Å²) in [6, 6.07) is 4.51. The number of rotatable bonds is 8. The fourth-order valence-electron chi connectivity index (χ4n) is 2.47. The zero-order chi connectivity index (χ0) is 13.8. The van der Waals surface area contributed by atoms with Crippen LogP contribution in [0.3, 0.4) is 0 Å². The van der Waals surface area contributed by atoms with E-state index in [4.69, 9.17) is 5.26 Å².